The number of hydrazone groups is 1. The van der Waals surface area contributed by atoms with Gasteiger partial charge in [0, 0.05) is 42.7 Å². The molecule has 1 aliphatic heterocycles. The van der Waals surface area contributed by atoms with Crippen molar-refractivity contribution in [3.05, 3.63) is 48.3 Å². The summed E-state index contributed by atoms with van der Waals surface area (Å²) in [6, 6.07) is 9.44. The summed E-state index contributed by atoms with van der Waals surface area (Å²) in [5, 5.41) is 13.6. The molecule has 1 amide bonds. The van der Waals surface area contributed by atoms with E-state index in [1.807, 2.05) is 60.1 Å². The van der Waals surface area contributed by atoms with Crippen molar-refractivity contribution in [1.82, 2.24) is 15.1 Å². The first-order valence-corrected chi connectivity index (χ1v) is 7.82. The molecule has 0 radical (unpaired) electrons. The van der Waals surface area contributed by atoms with Crippen molar-refractivity contribution in [2.45, 2.75) is 32.9 Å². The van der Waals surface area contributed by atoms with E-state index in [0.29, 0.717) is 12.1 Å². The molecule has 1 atom stereocenters. The van der Waals surface area contributed by atoms with Gasteiger partial charge in [0.1, 0.15) is 0 Å². The molecule has 1 aromatic carbocycles. The monoisotopic (exact) mass is 311 g/mol. The van der Waals surface area contributed by atoms with Crippen molar-refractivity contribution in [2.75, 3.05) is 11.6 Å². The smallest absolute Gasteiger partial charge is 0.251 e. The first-order valence-electron chi connectivity index (χ1n) is 7.82. The van der Waals surface area contributed by atoms with Crippen LogP contribution in [0.2, 0.25) is 0 Å². The van der Waals surface area contributed by atoms with E-state index in [0.717, 1.165) is 24.4 Å². The molecule has 120 valence electrons. The number of carbonyl (C=O) groups excluding carboxylic acids is 1. The minimum atomic E-state index is -0.0719. The first-order chi connectivity index (χ1) is 11.1. The number of rotatable bonds is 5. The Bertz CT molecular complexity index is 690. The number of carbonyl (C=O) groups is 1. The van der Waals surface area contributed by atoms with Gasteiger partial charge >= 0.3 is 0 Å². The fraction of sp³-hybridized carbons (Fsp3) is 0.353. The van der Waals surface area contributed by atoms with Crippen molar-refractivity contribution in [3.8, 4) is 0 Å². The zero-order valence-corrected chi connectivity index (χ0v) is 13.4. The van der Waals surface area contributed by atoms with Crippen LogP contribution in [0.15, 0.2) is 47.8 Å². The minimum Gasteiger partial charge on any atom is -0.348 e. The minimum absolute atomic E-state index is 0.00732. The van der Waals surface area contributed by atoms with Gasteiger partial charge in [0.2, 0.25) is 0 Å². The van der Waals surface area contributed by atoms with Crippen LogP contribution in [0.25, 0.3) is 0 Å². The molecule has 0 saturated heterocycles. The second-order valence-corrected chi connectivity index (χ2v) is 5.86. The second kappa shape index (κ2) is 6.64. The number of hydrogen-bond donors (Lipinski definition) is 1. The molecule has 0 unspecified atom stereocenters. The highest BCUT2D eigenvalue weighted by molar-refractivity contribution is 5.94. The van der Waals surface area contributed by atoms with Crippen LogP contribution in [0.3, 0.4) is 0 Å². The zero-order chi connectivity index (χ0) is 16.2. The zero-order valence-electron chi connectivity index (χ0n) is 13.4. The Labute approximate surface area is 135 Å². The number of benzene rings is 1. The van der Waals surface area contributed by atoms with Crippen LogP contribution in [-0.4, -0.2) is 34.0 Å². The molecular weight excluding hydrogens is 290 g/mol. The van der Waals surface area contributed by atoms with Crippen molar-refractivity contribution in [2.24, 2.45) is 5.10 Å². The average Bonchev–Trinajstić information content (AvgIpc) is 3.19. The Kier molecular flexibility index (Phi) is 4.41. The number of aromatic nitrogens is 2. The molecule has 0 aliphatic carbocycles. The summed E-state index contributed by atoms with van der Waals surface area (Å²) < 4.78 is 1.81. The summed E-state index contributed by atoms with van der Waals surface area (Å²) in [5.41, 5.74) is 2.81. The van der Waals surface area contributed by atoms with Crippen molar-refractivity contribution >= 4 is 17.3 Å². The third-order valence-corrected chi connectivity index (χ3v) is 3.80. The van der Waals surface area contributed by atoms with Crippen molar-refractivity contribution in [3.63, 3.8) is 0 Å². The van der Waals surface area contributed by atoms with Gasteiger partial charge in [-0.15, -0.1) is 0 Å². The maximum atomic E-state index is 12.3. The van der Waals surface area contributed by atoms with Gasteiger partial charge < -0.3 is 5.32 Å². The molecule has 6 heteroatoms. The van der Waals surface area contributed by atoms with Gasteiger partial charge in [-0.25, -0.2) is 0 Å². The Morgan fingerprint density at radius 1 is 1.35 bits per heavy atom. The summed E-state index contributed by atoms with van der Waals surface area (Å²) in [4.78, 5) is 12.3. The number of amides is 1. The van der Waals surface area contributed by atoms with Crippen LogP contribution in [-0.2, 0) is 6.54 Å². The quantitative estimate of drug-likeness (QED) is 0.921. The third-order valence-electron chi connectivity index (χ3n) is 3.80. The number of anilines is 1. The lowest BCUT2D eigenvalue weighted by Gasteiger charge is -2.16. The standard InChI is InChI=1S/C17H21N5O/c1-13-8-11-22(20-13)16-6-4-15(5-7-16)17(23)19-14(2)12-21-10-3-9-18-21/h3-7,9-10,14H,8,11-12H2,1-2H3,(H,19,23)/t14-/m1/s1. The van der Waals surface area contributed by atoms with Gasteiger partial charge in [0.15, 0.2) is 0 Å². The fourth-order valence-electron chi connectivity index (χ4n) is 2.59. The number of hydrogen-bond acceptors (Lipinski definition) is 4. The van der Waals surface area contributed by atoms with E-state index in [4.69, 9.17) is 0 Å². The van der Waals surface area contributed by atoms with Gasteiger partial charge in [-0.2, -0.15) is 10.2 Å². The molecule has 3 rings (SSSR count). The molecule has 1 N–H and O–H groups in total. The number of nitrogens with zero attached hydrogens (tertiary/aromatic N) is 4. The normalized spacial score (nSPS) is 15.4. The third kappa shape index (κ3) is 3.77. The summed E-state index contributed by atoms with van der Waals surface area (Å²) in [5.74, 6) is -0.0719. The Morgan fingerprint density at radius 2 is 2.13 bits per heavy atom. The Balaban J connectivity index is 1.59. The summed E-state index contributed by atoms with van der Waals surface area (Å²) in [6.07, 6.45) is 4.61. The first kappa shape index (κ1) is 15.3. The summed E-state index contributed by atoms with van der Waals surface area (Å²) in [7, 11) is 0. The maximum absolute atomic E-state index is 12.3. The largest absolute Gasteiger partial charge is 0.348 e. The number of nitrogens with one attached hydrogen (secondary N) is 1. The predicted molar refractivity (Wildman–Crippen MR) is 90.7 cm³/mol. The van der Waals surface area contributed by atoms with Crippen molar-refractivity contribution < 1.29 is 4.79 Å². The van der Waals surface area contributed by atoms with E-state index in [1.165, 1.54) is 0 Å². The van der Waals surface area contributed by atoms with E-state index >= 15 is 0 Å². The highest BCUT2D eigenvalue weighted by Gasteiger charge is 2.14. The van der Waals surface area contributed by atoms with Crippen molar-refractivity contribution in [1.29, 1.82) is 0 Å². The molecule has 0 saturated carbocycles. The highest BCUT2D eigenvalue weighted by atomic mass is 16.1. The summed E-state index contributed by atoms with van der Waals surface area (Å²) in [6.45, 7) is 5.55. The van der Waals surface area contributed by atoms with Gasteiger partial charge in [-0.3, -0.25) is 14.5 Å². The van der Waals surface area contributed by atoms with Crippen LogP contribution in [0.5, 0.6) is 0 Å². The van der Waals surface area contributed by atoms with E-state index in [9.17, 15) is 4.79 Å². The van der Waals surface area contributed by atoms with Gasteiger partial charge in [-0.1, -0.05) is 0 Å². The lowest BCUT2D eigenvalue weighted by Crippen LogP contribution is -2.35. The average molecular weight is 311 g/mol. The molecule has 1 aliphatic rings. The van der Waals surface area contributed by atoms with Crippen LogP contribution >= 0.6 is 0 Å². The summed E-state index contributed by atoms with van der Waals surface area (Å²) >= 11 is 0. The molecule has 0 spiro atoms. The second-order valence-electron chi connectivity index (χ2n) is 5.86. The van der Waals surface area contributed by atoms with Gasteiger partial charge in [0.25, 0.3) is 5.91 Å². The topological polar surface area (TPSA) is 62.5 Å². The Hall–Kier alpha value is -2.63. The van der Waals surface area contributed by atoms with E-state index in [-0.39, 0.29) is 11.9 Å². The van der Waals surface area contributed by atoms with Crippen LogP contribution in [0.1, 0.15) is 30.6 Å². The van der Waals surface area contributed by atoms with Gasteiger partial charge in [-0.05, 0) is 44.2 Å². The Morgan fingerprint density at radius 3 is 2.74 bits per heavy atom. The van der Waals surface area contributed by atoms with E-state index in [1.54, 1.807) is 6.20 Å². The molecule has 0 bridgehead atoms. The SMILES string of the molecule is CC1=NN(c2ccc(C(=O)N[C@H](C)Cn3cccn3)cc2)CC1. The van der Waals surface area contributed by atoms with Crippen LogP contribution < -0.4 is 10.3 Å². The molecule has 0 fully saturated rings. The molecular formula is C17H21N5O. The fourth-order valence-corrected chi connectivity index (χ4v) is 2.59. The van der Waals surface area contributed by atoms with Crippen LogP contribution in [0.4, 0.5) is 5.69 Å². The molecule has 2 heterocycles. The predicted octanol–water partition coefficient (Wildman–Crippen LogP) is 2.29. The molecule has 23 heavy (non-hydrogen) atoms. The highest BCUT2D eigenvalue weighted by Crippen LogP contribution is 2.19. The maximum Gasteiger partial charge on any atom is 0.251 e. The molecule has 6 nitrogen and oxygen atoms in total. The molecule has 2 aromatic rings. The van der Waals surface area contributed by atoms with E-state index < -0.39 is 0 Å². The van der Waals surface area contributed by atoms with Crippen LogP contribution in [0, 0.1) is 0 Å². The van der Waals surface area contributed by atoms with Gasteiger partial charge in [0.05, 0.1) is 12.2 Å². The molecule has 1 aromatic heterocycles. The lowest BCUT2D eigenvalue weighted by molar-refractivity contribution is 0.0936. The lowest BCUT2D eigenvalue weighted by atomic mass is 10.1. The van der Waals surface area contributed by atoms with E-state index in [2.05, 4.69) is 15.5 Å².